The average Bonchev–Trinajstić information content (AvgIpc) is 2.93. The molecule has 0 fully saturated rings. The Hall–Kier alpha value is -3.25. The second-order valence-corrected chi connectivity index (χ2v) is 15.3. The van der Waals surface area contributed by atoms with E-state index in [4.69, 9.17) is 9.16 Å². The van der Waals surface area contributed by atoms with Gasteiger partial charge in [-0.25, -0.2) is 0 Å². The number of carbonyl (C=O) groups excluding carboxylic acids is 1. The summed E-state index contributed by atoms with van der Waals surface area (Å²) in [5.74, 6) is -0.0402. The van der Waals surface area contributed by atoms with E-state index < -0.39 is 32.0 Å². The molecular weight excluding hydrogens is 497 g/mol. The van der Waals surface area contributed by atoms with Crippen LogP contribution in [-0.4, -0.2) is 27.4 Å². The minimum Gasteiger partial charge on any atom is -0.540 e. The zero-order valence-corrected chi connectivity index (χ0v) is 23.3. The molecule has 37 heavy (non-hydrogen) atoms. The van der Waals surface area contributed by atoms with Gasteiger partial charge in [-0.15, -0.1) is 0 Å². The molecule has 2 aromatic carbocycles. The summed E-state index contributed by atoms with van der Waals surface area (Å²) < 4.78 is 54.5. The molecule has 1 atom stereocenters. The normalized spacial score (nSPS) is 15.6. The van der Waals surface area contributed by atoms with Gasteiger partial charge in [-0.2, -0.15) is 18.4 Å². The molecule has 1 aliphatic heterocycles. The highest BCUT2D eigenvalue weighted by atomic mass is 28.4. The number of alkyl halides is 3. The van der Waals surface area contributed by atoms with Gasteiger partial charge in [0, 0.05) is 17.7 Å². The molecule has 1 amide bonds. The summed E-state index contributed by atoms with van der Waals surface area (Å²) in [5.41, 5.74) is 0.0864. The number of amides is 1. The van der Waals surface area contributed by atoms with Crippen molar-refractivity contribution in [3.05, 3.63) is 64.9 Å². The van der Waals surface area contributed by atoms with Gasteiger partial charge in [0.2, 0.25) is 0 Å². The molecule has 2 aromatic rings. The number of anilines is 1. The van der Waals surface area contributed by atoms with Gasteiger partial charge < -0.3 is 9.16 Å². The van der Waals surface area contributed by atoms with Crippen molar-refractivity contribution in [2.45, 2.75) is 70.9 Å². The van der Waals surface area contributed by atoms with E-state index in [1.54, 1.807) is 31.2 Å². The van der Waals surface area contributed by atoms with Gasteiger partial charge in [-0.05, 0) is 59.9 Å². The molecule has 198 valence electrons. The number of carbonyl (C=O) groups is 1. The largest absolute Gasteiger partial charge is 0.540 e. The first-order chi connectivity index (χ1) is 17.2. The van der Waals surface area contributed by atoms with E-state index in [9.17, 15) is 23.2 Å². The average molecular weight is 531 g/mol. The van der Waals surface area contributed by atoms with Crippen LogP contribution in [0.5, 0.6) is 5.75 Å². The maximum absolute atomic E-state index is 14.2. The Balaban J connectivity index is 2.41. The summed E-state index contributed by atoms with van der Waals surface area (Å²) in [7, 11) is -1.10. The van der Waals surface area contributed by atoms with Crippen molar-refractivity contribution < 1.29 is 27.1 Å². The van der Waals surface area contributed by atoms with Gasteiger partial charge in [0.15, 0.2) is 5.76 Å². The third kappa shape index (κ3) is 5.54. The quantitative estimate of drug-likeness (QED) is 0.367. The van der Waals surface area contributed by atoms with Gasteiger partial charge in [-0.3, -0.25) is 9.69 Å². The number of allylic oxidation sites excluding steroid dienone is 1. The first kappa shape index (κ1) is 28.3. The number of ether oxygens (including phenoxy) is 1. The van der Waals surface area contributed by atoms with E-state index in [0.717, 1.165) is 6.07 Å². The van der Waals surface area contributed by atoms with Crippen LogP contribution in [0, 0.1) is 11.3 Å². The number of methoxy groups -OCH3 is 1. The van der Waals surface area contributed by atoms with Crippen molar-refractivity contribution >= 4 is 25.5 Å². The number of halogens is 3. The number of benzene rings is 2. The zero-order valence-electron chi connectivity index (χ0n) is 22.3. The lowest BCUT2D eigenvalue weighted by molar-refractivity contribution is -0.138. The number of nitriles is 1. The Morgan fingerprint density at radius 1 is 1.11 bits per heavy atom. The van der Waals surface area contributed by atoms with Crippen molar-refractivity contribution in [2.75, 3.05) is 12.0 Å². The second kappa shape index (κ2) is 10.2. The fraction of sp³-hybridized carbons (Fsp3) is 0.429. The summed E-state index contributed by atoms with van der Waals surface area (Å²) in [5, 5.41) is 9.62. The first-order valence-corrected chi connectivity index (χ1v) is 15.1. The van der Waals surface area contributed by atoms with Crippen LogP contribution in [0.1, 0.15) is 50.8 Å². The predicted molar refractivity (Wildman–Crippen MR) is 141 cm³/mol. The van der Waals surface area contributed by atoms with Gasteiger partial charge in [0.1, 0.15) is 11.8 Å². The minimum atomic E-state index is -4.65. The van der Waals surface area contributed by atoms with Crippen molar-refractivity contribution in [1.29, 1.82) is 5.26 Å². The lowest BCUT2D eigenvalue weighted by Gasteiger charge is -2.38. The SMILES string of the molecule is CCC(C#N)N1C(=O)C(O[Si](C)(C)C(C)(C)C)=C(c2ccc(OC)cc2)Cc2c1cccc2C(F)(F)F. The van der Waals surface area contributed by atoms with Gasteiger partial charge in [-0.1, -0.05) is 45.9 Å². The lowest BCUT2D eigenvalue weighted by Crippen LogP contribution is -2.46. The lowest BCUT2D eigenvalue weighted by atomic mass is 9.93. The Kier molecular flexibility index (Phi) is 7.84. The van der Waals surface area contributed by atoms with E-state index >= 15 is 0 Å². The van der Waals surface area contributed by atoms with Crippen molar-refractivity contribution in [2.24, 2.45) is 0 Å². The smallest absolute Gasteiger partial charge is 0.416 e. The number of fused-ring (bicyclic) bond motifs is 1. The van der Waals surface area contributed by atoms with Crippen LogP contribution < -0.4 is 9.64 Å². The van der Waals surface area contributed by atoms with Gasteiger partial charge in [0.25, 0.3) is 14.2 Å². The van der Waals surface area contributed by atoms with E-state index in [0.29, 0.717) is 16.9 Å². The molecule has 0 radical (unpaired) electrons. The molecule has 0 spiro atoms. The van der Waals surface area contributed by atoms with E-state index in [2.05, 4.69) is 6.07 Å². The van der Waals surface area contributed by atoms with Crippen LogP contribution in [0.25, 0.3) is 5.57 Å². The topological polar surface area (TPSA) is 62.6 Å². The summed E-state index contributed by atoms with van der Waals surface area (Å²) >= 11 is 0. The third-order valence-corrected chi connectivity index (χ3v) is 11.5. The van der Waals surface area contributed by atoms with Crippen molar-refractivity contribution in [3.8, 4) is 11.8 Å². The van der Waals surface area contributed by atoms with Crippen LogP contribution in [0.2, 0.25) is 18.1 Å². The van der Waals surface area contributed by atoms with Crippen LogP contribution in [-0.2, 0) is 21.8 Å². The van der Waals surface area contributed by atoms with Crippen molar-refractivity contribution in [3.63, 3.8) is 0 Å². The molecule has 0 saturated heterocycles. The summed E-state index contributed by atoms with van der Waals surface area (Å²) in [6.45, 7) is 11.7. The van der Waals surface area contributed by atoms with E-state index in [1.165, 1.54) is 24.1 Å². The number of rotatable bonds is 6. The number of hydrogen-bond donors (Lipinski definition) is 0. The third-order valence-electron chi connectivity index (χ3n) is 7.21. The molecule has 9 heteroatoms. The first-order valence-electron chi connectivity index (χ1n) is 12.1. The Bertz CT molecular complexity index is 1240. The molecule has 1 aliphatic rings. The fourth-order valence-electron chi connectivity index (χ4n) is 4.04. The van der Waals surface area contributed by atoms with Crippen LogP contribution in [0.15, 0.2) is 48.2 Å². The summed E-state index contributed by atoms with van der Waals surface area (Å²) in [4.78, 5) is 15.4. The monoisotopic (exact) mass is 530 g/mol. The fourth-order valence-corrected chi connectivity index (χ4v) is 5.06. The molecule has 1 unspecified atom stereocenters. The molecule has 1 heterocycles. The second-order valence-electron chi connectivity index (χ2n) is 10.6. The van der Waals surface area contributed by atoms with Crippen LogP contribution in [0.4, 0.5) is 18.9 Å². The van der Waals surface area contributed by atoms with Gasteiger partial charge >= 0.3 is 6.18 Å². The molecule has 0 bridgehead atoms. The van der Waals surface area contributed by atoms with Crippen LogP contribution >= 0.6 is 0 Å². The Labute approximate surface area is 217 Å². The maximum Gasteiger partial charge on any atom is 0.416 e. The van der Waals surface area contributed by atoms with E-state index in [1.807, 2.05) is 33.9 Å². The minimum absolute atomic E-state index is 0.00483. The molecule has 5 nitrogen and oxygen atoms in total. The zero-order chi connectivity index (χ0) is 27.8. The van der Waals surface area contributed by atoms with E-state index in [-0.39, 0.29) is 34.9 Å². The maximum atomic E-state index is 14.2. The molecular formula is C28H33F3N2O3Si. The molecule has 0 aromatic heterocycles. The molecule has 0 N–H and O–H groups in total. The number of hydrogen-bond acceptors (Lipinski definition) is 4. The summed E-state index contributed by atoms with van der Waals surface area (Å²) in [6, 6.07) is 11.7. The number of nitrogens with zero attached hydrogens (tertiary/aromatic N) is 2. The standard InChI is InChI=1S/C28H33F3N2O3Si/c1-8-19(17-32)33-24-11-9-10-23(28(29,30)31)22(24)16-21(18-12-14-20(35-5)15-13-18)25(26(33)34)36-37(6,7)27(2,3)4/h9-15,19H,8,16H2,1-7H3. The van der Waals surface area contributed by atoms with Gasteiger partial charge in [0.05, 0.1) is 18.7 Å². The molecule has 0 saturated carbocycles. The highest BCUT2D eigenvalue weighted by molar-refractivity contribution is 6.74. The molecule has 0 aliphatic carbocycles. The Morgan fingerprint density at radius 2 is 1.73 bits per heavy atom. The predicted octanol–water partition coefficient (Wildman–Crippen LogP) is 7.34. The highest BCUT2D eigenvalue weighted by Gasteiger charge is 2.45. The summed E-state index contributed by atoms with van der Waals surface area (Å²) in [6.07, 6.45) is -4.60. The van der Waals surface area contributed by atoms with Crippen molar-refractivity contribution in [1.82, 2.24) is 0 Å². The molecule has 3 rings (SSSR count). The highest BCUT2D eigenvalue weighted by Crippen LogP contribution is 2.45. The Morgan fingerprint density at radius 3 is 2.22 bits per heavy atom. The van der Waals surface area contributed by atoms with Crippen LogP contribution in [0.3, 0.4) is 0 Å².